The molecule has 0 radical (unpaired) electrons. The van der Waals surface area contributed by atoms with Crippen LogP contribution in [0.2, 0.25) is 0 Å². The molecule has 6 nitrogen and oxygen atoms in total. The standard InChI is InChI=1S/C14H21N3O3S/c1-14(2,3)15-11(18)9-16(4)12(19)10-21-13-7-5-6-8-17(13)20/h5-8H,9-10H2,1-4H3,(H,15,18). The van der Waals surface area contributed by atoms with Crippen molar-refractivity contribution >= 4 is 23.6 Å². The number of nitrogens with zero attached hydrogens (tertiary/aromatic N) is 2. The third-order valence-corrected chi connectivity index (χ3v) is 3.46. The van der Waals surface area contributed by atoms with E-state index in [-0.39, 0.29) is 29.7 Å². The molecule has 21 heavy (non-hydrogen) atoms. The van der Waals surface area contributed by atoms with Gasteiger partial charge in [-0.05, 0) is 38.6 Å². The van der Waals surface area contributed by atoms with Crippen molar-refractivity contribution < 1.29 is 14.3 Å². The van der Waals surface area contributed by atoms with Gasteiger partial charge in [0.1, 0.15) is 0 Å². The number of amides is 2. The van der Waals surface area contributed by atoms with Crippen molar-refractivity contribution in [3.63, 3.8) is 0 Å². The fraction of sp³-hybridized carbons (Fsp3) is 0.500. The summed E-state index contributed by atoms with van der Waals surface area (Å²) in [5.74, 6) is -0.291. The maximum atomic E-state index is 11.9. The summed E-state index contributed by atoms with van der Waals surface area (Å²) in [6.07, 6.45) is 1.38. The van der Waals surface area contributed by atoms with Crippen LogP contribution in [0.3, 0.4) is 0 Å². The maximum absolute atomic E-state index is 11.9. The summed E-state index contributed by atoms with van der Waals surface area (Å²) in [6.45, 7) is 5.64. The number of likely N-dealkylation sites (N-methyl/N-ethyl adjacent to an activating group) is 1. The fourth-order valence-electron chi connectivity index (χ4n) is 1.53. The van der Waals surface area contributed by atoms with E-state index in [0.717, 1.165) is 11.8 Å². The molecule has 1 rings (SSSR count). The molecule has 0 aliphatic heterocycles. The lowest BCUT2D eigenvalue weighted by molar-refractivity contribution is -0.645. The summed E-state index contributed by atoms with van der Waals surface area (Å²) in [6, 6.07) is 5.01. The Bertz CT molecular complexity index is 514. The molecular weight excluding hydrogens is 290 g/mol. The number of hydrogen-bond acceptors (Lipinski definition) is 4. The second-order valence-electron chi connectivity index (χ2n) is 5.70. The van der Waals surface area contributed by atoms with E-state index in [1.165, 1.54) is 11.1 Å². The average Bonchev–Trinajstić information content (AvgIpc) is 2.34. The van der Waals surface area contributed by atoms with Gasteiger partial charge in [-0.15, -0.1) is 0 Å². The minimum absolute atomic E-state index is 0.00281. The average molecular weight is 311 g/mol. The van der Waals surface area contributed by atoms with E-state index >= 15 is 0 Å². The van der Waals surface area contributed by atoms with E-state index in [1.54, 1.807) is 25.2 Å². The van der Waals surface area contributed by atoms with Crippen LogP contribution in [0.1, 0.15) is 20.8 Å². The number of aromatic nitrogens is 1. The van der Waals surface area contributed by atoms with Gasteiger partial charge in [-0.3, -0.25) is 9.59 Å². The molecule has 1 heterocycles. The van der Waals surface area contributed by atoms with Crippen LogP contribution >= 0.6 is 11.8 Å². The lowest BCUT2D eigenvalue weighted by Gasteiger charge is -2.23. The first kappa shape index (κ1) is 17.3. The highest BCUT2D eigenvalue weighted by Gasteiger charge is 2.18. The molecule has 7 heteroatoms. The van der Waals surface area contributed by atoms with Gasteiger partial charge in [0, 0.05) is 24.7 Å². The van der Waals surface area contributed by atoms with E-state index in [2.05, 4.69) is 5.32 Å². The van der Waals surface area contributed by atoms with Crippen LogP contribution < -0.4 is 10.0 Å². The Morgan fingerprint density at radius 1 is 1.38 bits per heavy atom. The third kappa shape index (κ3) is 6.48. The molecule has 2 amide bonds. The summed E-state index contributed by atoms with van der Waals surface area (Å²) in [4.78, 5) is 25.0. The quantitative estimate of drug-likeness (QED) is 0.495. The van der Waals surface area contributed by atoms with Crippen LogP contribution in [0.15, 0.2) is 29.4 Å². The molecule has 1 N–H and O–H groups in total. The largest absolute Gasteiger partial charge is 0.618 e. The first-order valence-corrected chi connectivity index (χ1v) is 7.53. The molecule has 1 aromatic heterocycles. The molecule has 0 fully saturated rings. The summed E-state index contributed by atoms with van der Waals surface area (Å²) in [7, 11) is 1.57. The van der Waals surface area contributed by atoms with Gasteiger partial charge in [-0.2, -0.15) is 4.73 Å². The monoisotopic (exact) mass is 311 g/mol. The van der Waals surface area contributed by atoms with Gasteiger partial charge in [0.05, 0.1) is 12.3 Å². The lowest BCUT2D eigenvalue weighted by Crippen LogP contribution is -2.46. The minimum atomic E-state index is -0.326. The Kier molecular flexibility index (Phi) is 6.02. The van der Waals surface area contributed by atoms with Crippen molar-refractivity contribution in [2.45, 2.75) is 31.3 Å². The van der Waals surface area contributed by atoms with Crippen molar-refractivity contribution in [1.82, 2.24) is 10.2 Å². The molecule has 0 atom stereocenters. The van der Waals surface area contributed by atoms with Crippen LogP contribution in [0.25, 0.3) is 0 Å². The topological polar surface area (TPSA) is 76.4 Å². The van der Waals surface area contributed by atoms with Crippen LogP contribution in [-0.4, -0.2) is 41.6 Å². The summed E-state index contributed by atoms with van der Waals surface area (Å²) >= 11 is 1.15. The number of pyridine rings is 1. The highest BCUT2D eigenvalue weighted by molar-refractivity contribution is 7.99. The van der Waals surface area contributed by atoms with Gasteiger partial charge in [-0.1, -0.05) is 0 Å². The molecule has 1 aromatic rings. The van der Waals surface area contributed by atoms with E-state index in [0.29, 0.717) is 9.76 Å². The smallest absolute Gasteiger partial charge is 0.251 e. The van der Waals surface area contributed by atoms with Gasteiger partial charge in [-0.25, -0.2) is 0 Å². The Morgan fingerprint density at radius 3 is 2.62 bits per heavy atom. The first-order chi connectivity index (χ1) is 9.69. The van der Waals surface area contributed by atoms with E-state index in [4.69, 9.17) is 0 Å². The van der Waals surface area contributed by atoms with E-state index < -0.39 is 0 Å². The van der Waals surface area contributed by atoms with Gasteiger partial charge in [0.15, 0.2) is 6.20 Å². The summed E-state index contributed by atoms with van der Waals surface area (Å²) in [5, 5.41) is 14.7. The zero-order chi connectivity index (χ0) is 16.0. The van der Waals surface area contributed by atoms with Gasteiger partial charge in [0.2, 0.25) is 11.8 Å². The van der Waals surface area contributed by atoms with Crippen molar-refractivity contribution in [3.05, 3.63) is 29.6 Å². The predicted molar refractivity (Wildman–Crippen MR) is 81.7 cm³/mol. The number of carbonyl (C=O) groups is 2. The molecule has 0 aliphatic carbocycles. The van der Waals surface area contributed by atoms with Gasteiger partial charge >= 0.3 is 0 Å². The third-order valence-electron chi connectivity index (χ3n) is 2.45. The number of carbonyl (C=O) groups excluding carboxylic acids is 2. The number of hydrogen-bond donors (Lipinski definition) is 1. The zero-order valence-electron chi connectivity index (χ0n) is 12.8. The van der Waals surface area contributed by atoms with Crippen LogP contribution in [-0.2, 0) is 9.59 Å². The van der Waals surface area contributed by atoms with Gasteiger partial charge in [0.25, 0.3) is 5.03 Å². The second kappa shape index (κ2) is 7.31. The van der Waals surface area contributed by atoms with Crippen molar-refractivity contribution in [3.8, 4) is 0 Å². The molecule has 0 aliphatic rings. The Hall–Kier alpha value is -1.76. The molecule has 0 saturated carbocycles. The highest BCUT2D eigenvalue weighted by atomic mass is 32.2. The number of rotatable bonds is 5. The molecule has 0 spiro atoms. The molecular formula is C14H21N3O3S. The number of nitrogens with one attached hydrogen (secondary N) is 1. The maximum Gasteiger partial charge on any atom is 0.251 e. The van der Waals surface area contributed by atoms with Crippen molar-refractivity contribution in [1.29, 1.82) is 0 Å². The number of thioether (sulfide) groups is 1. The Labute approximate surface area is 129 Å². The SMILES string of the molecule is CN(CC(=O)NC(C)(C)C)C(=O)CSc1cccc[n+]1[O-]. The van der Waals surface area contributed by atoms with E-state index in [1.807, 2.05) is 20.8 Å². The molecule has 0 aromatic carbocycles. The summed E-state index contributed by atoms with van der Waals surface area (Å²) in [5.41, 5.74) is -0.326. The van der Waals surface area contributed by atoms with Crippen molar-refractivity contribution in [2.24, 2.45) is 0 Å². The van der Waals surface area contributed by atoms with Crippen LogP contribution in [0.5, 0.6) is 0 Å². The zero-order valence-corrected chi connectivity index (χ0v) is 13.6. The first-order valence-electron chi connectivity index (χ1n) is 6.55. The van der Waals surface area contributed by atoms with Crippen molar-refractivity contribution in [2.75, 3.05) is 19.3 Å². The normalized spacial score (nSPS) is 11.0. The molecule has 0 bridgehead atoms. The summed E-state index contributed by atoms with van der Waals surface area (Å²) < 4.78 is 0.713. The Balaban J connectivity index is 2.45. The molecule has 0 unspecified atom stereocenters. The minimum Gasteiger partial charge on any atom is -0.618 e. The predicted octanol–water partition coefficient (Wildman–Crippen LogP) is 0.785. The van der Waals surface area contributed by atoms with Crippen LogP contribution in [0.4, 0.5) is 0 Å². The van der Waals surface area contributed by atoms with Gasteiger partial charge < -0.3 is 15.4 Å². The fourth-order valence-corrected chi connectivity index (χ4v) is 2.39. The van der Waals surface area contributed by atoms with E-state index in [9.17, 15) is 14.8 Å². The highest BCUT2D eigenvalue weighted by Crippen LogP contribution is 2.12. The molecule has 0 saturated heterocycles. The molecule has 116 valence electrons. The Morgan fingerprint density at radius 2 is 2.05 bits per heavy atom. The van der Waals surface area contributed by atoms with Crippen LogP contribution in [0, 0.1) is 5.21 Å². The lowest BCUT2D eigenvalue weighted by atomic mass is 10.1. The second-order valence-corrected chi connectivity index (χ2v) is 6.70.